The van der Waals surface area contributed by atoms with Crippen molar-refractivity contribution in [2.75, 3.05) is 0 Å². The van der Waals surface area contributed by atoms with E-state index >= 15 is 0 Å². The molecular formula is C28H55O. The zero-order valence-corrected chi connectivity index (χ0v) is 20.3. The maximum Gasteiger partial charge on any atom is 0.198 e. The molecule has 0 aromatic carbocycles. The standard InChI is InChI=1S/C28H55O/c1-2-3-4-5-6-7-8-9-10-11-12-13-14-15-16-17-18-19-20-21-22-23-24-25-26-27-28-29/h2-27H2,1H3. The topological polar surface area (TPSA) is 17.1 Å². The summed E-state index contributed by atoms with van der Waals surface area (Å²) in [7, 11) is 0. The van der Waals surface area contributed by atoms with Crippen molar-refractivity contribution in [3.8, 4) is 0 Å². The van der Waals surface area contributed by atoms with E-state index < -0.39 is 0 Å². The fourth-order valence-corrected chi connectivity index (χ4v) is 4.34. The average Bonchev–Trinajstić information content (AvgIpc) is 2.74. The highest BCUT2D eigenvalue weighted by atomic mass is 16.1. The van der Waals surface area contributed by atoms with Gasteiger partial charge in [-0.25, -0.2) is 0 Å². The first kappa shape index (κ1) is 28.7. The summed E-state index contributed by atoms with van der Waals surface area (Å²) >= 11 is 0. The number of hydrogen-bond donors (Lipinski definition) is 0. The smallest absolute Gasteiger partial charge is 0.198 e. The summed E-state index contributed by atoms with van der Waals surface area (Å²) in [5.41, 5.74) is 0. The van der Waals surface area contributed by atoms with Crippen LogP contribution in [0.15, 0.2) is 0 Å². The predicted octanol–water partition coefficient (Wildman–Crippen LogP) is 10.3. The quantitative estimate of drug-likeness (QED) is 0.130. The molecule has 0 rings (SSSR count). The average molecular weight is 408 g/mol. The molecule has 0 N–H and O–H groups in total. The van der Waals surface area contributed by atoms with Crippen molar-refractivity contribution < 1.29 is 4.79 Å². The fraction of sp³-hybridized carbons (Fsp3) is 0.964. The number of carbonyl (C=O) groups excluding carboxylic acids is 1. The van der Waals surface area contributed by atoms with E-state index in [2.05, 4.69) is 6.92 Å². The molecule has 0 unspecified atom stereocenters. The Morgan fingerprint density at radius 3 is 0.759 bits per heavy atom. The Kier molecular flexibility index (Phi) is 27.4. The van der Waals surface area contributed by atoms with Gasteiger partial charge in [0.05, 0.1) is 0 Å². The van der Waals surface area contributed by atoms with Crippen molar-refractivity contribution in [1.29, 1.82) is 0 Å². The Labute approximate surface area is 185 Å². The third kappa shape index (κ3) is 27.7. The van der Waals surface area contributed by atoms with Crippen LogP contribution in [0.2, 0.25) is 0 Å². The summed E-state index contributed by atoms with van der Waals surface area (Å²) in [6.45, 7) is 2.30. The van der Waals surface area contributed by atoms with Gasteiger partial charge in [0, 0.05) is 6.42 Å². The third-order valence-corrected chi connectivity index (χ3v) is 6.38. The van der Waals surface area contributed by atoms with Crippen LogP contribution < -0.4 is 0 Å². The molecule has 0 bridgehead atoms. The normalized spacial score (nSPS) is 11.2. The second-order valence-electron chi connectivity index (χ2n) is 9.38. The molecule has 0 aliphatic heterocycles. The lowest BCUT2D eigenvalue weighted by atomic mass is 10.0. The van der Waals surface area contributed by atoms with Gasteiger partial charge >= 0.3 is 0 Å². The minimum atomic E-state index is 0.638. The van der Waals surface area contributed by atoms with Gasteiger partial charge in [0.1, 0.15) is 0 Å². The molecule has 1 radical (unpaired) electrons. The fourth-order valence-electron chi connectivity index (χ4n) is 4.34. The SMILES string of the molecule is CCCCCCCCCCCCCCCCCCCCCCCCCCC[C]=O. The van der Waals surface area contributed by atoms with Gasteiger partial charge in [0.25, 0.3) is 0 Å². The van der Waals surface area contributed by atoms with Crippen LogP contribution in [0.4, 0.5) is 0 Å². The van der Waals surface area contributed by atoms with Crippen molar-refractivity contribution in [2.45, 2.75) is 174 Å². The lowest BCUT2D eigenvalue weighted by molar-refractivity contribution is 0.515. The number of rotatable bonds is 26. The molecule has 1 nitrogen and oxygen atoms in total. The molecule has 0 saturated carbocycles. The van der Waals surface area contributed by atoms with E-state index in [0.29, 0.717) is 6.42 Å². The molecule has 0 spiro atoms. The predicted molar refractivity (Wildman–Crippen MR) is 131 cm³/mol. The minimum Gasteiger partial charge on any atom is -0.291 e. The van der Waals surface area contributed by atoms with Gasteiger partial charge in [-0.1, -0.05) is 161 Å². The maximum atomic E-state index is 10.1. The van der Waals surface area contributed by atoms with Crippen LogP contribution in [0.25, 0.3) is 0 Å². The molecule has 0 amide bonds. The minimum absolute atomic E-state index is 0.638. The van der Waals surface area contributed by atoms with Gasteiger partial charge < -0.3 is 0 Å². The van der Waals surface area contributed by atoms with Gasteiger partial charge in [0.2, 0.25) is 0 Å². The summed E-state index contributed by atoms with van der Waals surface area (Å²) in [5, 5.41) is 0. The molecule has 0 aliphatic carbocycles. The molecule has 1 heteroatoms. The summed E-state index contributed by atoms with van der Waals surface area (Å²) in [6.07, 6.45) is 38.1. The molecule has 0 aliphatic rings. The van der Waals surface area contributed by atoms with E-state index in [1.807, 2.05) is 6.29 Å². The highest BCUT2D eigenvalue weighted by Gasteiger charge is 1.96. The van der Waals surface area contributed by atoms with E-state index in [0.717, 1.165) is 6.42 Å². The Hall–Kier alpha value is -0.330. The van der Waals surface area contributed by atoms with Crippen molar-refractivity contribution >= 4 is 6.29 Å². The number of hydrogen-bond acceptors (Lipinski definition) is 1. The monoisotopic (exact) mass is 407 g/mol. The molecule has 0 heterocycles. The van der Waals surface area contributed by atoms with Crippen LogP contribution in [-0.2, 0) is 4.79 Å². The first-order valence-electron chi connectivity index (χ1n) is 13.8. The molecule has 29 heavy (non-hydrogen) atoms. The third-order valence-electron chi connectivity index (χ3n) is 6.38. The molecule has 173 valence electrons. The highest BCUT2D eigenvalue weighted by Crippen LogP contribution is 2.15. The van der Waals surface area contributed by atoms with E-state index in [1.54, 1.807) is 0 Å². The Morgan fingerprint density at radius 1 is 0.345 bits per heavy atom. The van der Waals surface area contributed by atoms with Gasteiger partial charge in [-0.05, 0) is 6.42 Å². The van der Waals surface area contributed by atoms with Crippen molar-refractivity contribution in [2.24, 2.45) is 0 Å². The molecular weight excluding hydrogens is 352 g/mol. The summed E-state index contributed by atoms with van der Waals surface area (Å²) in [5.74, 6) is 0. The zero-order chi connectivity index (χ0) is 21.1. The summed E-state index contributed by atoms with van der Waals surface area (Å²) < 4.78 is 0. The van der Waals surface area contributed by atoms with Crippen LogP contribution in [-0.4, -0.2) is 6.29 Å². The molecule has 0 atom stereocenters. The first-order chi connectivity index (χ1) is 14.4. The molecule has 0 aromatic rings. The Bertz CT molecular complexity index is 286. The maximum absolute atomic E-state index is 10.1. The largest absolute Gasteiger partial charge is 0.291 e. The lowest BCUT2D eigenvalue weighted by Gasteiger charge is -2.04. The van der Waals surface area contributed by atoms with E-state index in [4.69, 9.17) is 0 Å². The van der Waals surface area contributed by atoms with Crippen molar-refractivity contribution in [1.82, 2.24) is 0 Å². The van der Waals surface area contributed by atoms with Gasteiger partial charge in [-0.2, -0.15) is 0 Å². The second kappa shape index (κ2) is 27.7. The van der Waals surface area contributed by atoms with Crippen LogP contribution in [0.3, 0.4) is 0 Å². The van der Waals surface area contributed by atoms with E-state index in [-0.39, 0.29) is 0 Å². The van der Waals surface area contributed by atoms with Crippen LogP contribution in [0.1, 0.15) is 174 Å². The summed E-state index contributed by atoms with van der Waals surface area (Å²) in [6, 6.07) is 0. The zero-order valence-electron chi connectivity index (χ0n) is 20.3. The second-order valence-corrected chi connectivity index (χ2v) is 9.38. The molecule has 0 fully saturated rings. The molecule has 0 saturated heterocycles. The molecule has 0 aromatic heterocycles. The Morgan fingerprint density at radius 2 is 0.552 bits per heavy atom. The number of unbranched alkanes of at least 4 members (excludes halogenated alkanes) is 25. The highest BCUT2D eigenvalue weighted by molar-refractivity contribution is 5.50. The van der Waals surface area contributed by atoms with Crippen LogP contribution >= 0.6 is 0 Å². The van der Waals surface area contributed by atoms with Gasteiger partial charge in [0.15, 0.2) is 6.29 Å². The van der Waals surface area contributed by atoms with Crippen LogP contribution in [0.5, 0.6) is 0 Å². The first-order valence-corrected chi connectivity index (χ1v) is 13.8. The van der Waals surface area contributed by atoms with Crippen molar-refractivity contribution in [3.05, 3.63) is 0 Å². The van der Waals surface area contributed by atoms with Crippen LogP contribution in [0, 0.1) is 0 Å². The van der Waals surface area contributed by atoms with Gasteiger partial charge in [-0.15, -0.1) is 0 Å². The summed E-state index contributed by atoms with van der Waals surface area (Å²) in [4.78, 5) is 10.1. The lowest BCUT2D eigenvalue weighted by Crippen LogP contribution is -1.84. The van der Waals surface area contributed by atoms with Gasteiger partial charge in [-0.3, -0.25) is 4.79 Å². The van der Waals surface area contributed by atoms with E-state index in [1.165, 1.54) is 154 Å². The van der Waals surface area contributed by atoms with Crippen molar-refractivity contribution in [3.63, 3.8) is 0 Å². The Balaban J connectivity index is 2.97. The van der Waals surface area contributed by atoms with E-state index in [9.17, 15) is 4.79 Å².